The summed E-state index contributed by atoms with van der Waals surface area (Å²) in [5.74, 6) is -0.183. The zero-order valence-corrected chi connectivity index (χ0v) is 12.1. The molecule has 0 aliphatic carbocycles. The third-order valence-corrected chi connectivity index (χ3v) is 3.93. The van der Waals surface area contributed by atoms with Crippen LogP contribution in [0.15, 0.2) is 22.7 Å². The van der Waals surface area contributed by atoms with Crippen molar-refractivity contribution in [1.82, 2.24) is 0 Å². The minimum Gasteiger partial charge on any atom is -0.310 e. The predicted molar refractivity (Wildman–Crippen MR) is 68.8 cm³/mol. The van der Waals surface area contributed by atoms with E-state index in [4.69, 9.17) is 0 Å². The van der Waals surface area contributed by atoms with Gasteiger partial charge in [0.1, 0.15) is 0 Å². The van der Waals surface area contributed by atoms with E-state index in [0.29, 0.717) is 17.4 Å². The van der Waals surface area contributed by atoms with E-state index in [-0.39, 0.29) is 16.4 Å². The van der Waals surface area contributed by atoms with Gasteiger partial charge in [-0.2, -0.15) is 13.2 Å². The Hall–Kier alpha value is -0.560. The molecule has 0 aromatic heterocycles. The first-order valence-corrected chi connectivity index (χ1v) is 6.81. The number of carbonyl (C=O) groups excluding carboxylic acids is 1. The summed E-state index contributed by atoms with van der Waals surface area (Å²) in [5, 5.41) is 0. The zero-order valence-electron chi connectivity index (χ0n) is 8.97. The maximum atomic E-state index is 12.6. The molecule has 1 heterocycles. The summed E-state index contributed by atoms with van der Waals surface area (Å²) in [5.41, 5.74) is -0.497. The molecule has 1 unspecified atom stereocenters. The second-order valence-electron chi connectivity index (χ2n) is 3.97. The van der Waals surface area contributed by atoms with Crippen molar-refractivity contribution < 1.29 is 18.0 Å². The first-order chi connectivity index (χ1) is 8.29. The van der Waals surface area contributed by atoms with Gasteiger partial charge in [-0.15, -0.1) is 0 Å². The molecule has 0 spiro atoms. The fourth-order valence-electron chi connectivity index (χ4n) is 1.79. The number of carbonyl (C=O) groups is 1. The molecule has 0 bridgehead atoms. The van der Waals surface area contributed by atoms with Crippen molar-refractivity contribution in [2.45, 2.75) is 17.4 Å². The van der Waals surface area contributed by atoms with Crippen LogP contribution in [0.1, 0.15) is 12.0 Å². The molecule has 18 heavy (non-hydrogen) atoms. The Morgan fingerprint density at radius 3 is 2.50 bits per heavy atom. The number of hydrogen-bond donors (Lipinski definition) is 0. The second kappa shape index (κ2) is 4.85. The number of anilines is 1. The predicted octanol–water partition coefficient (Wildman–Crippen LogP) is 3.97. The van der Waals surface area contributed by atoms with Crippen LogP contribution in [0, 0.1) is 0 Å². The van der Waals surface area contributed by atoms with Crippen LogP contribution < -0.4 is 4.90 Å². The van der Waals surface area contributed by atoms with Crippen molar-refractivity contribution in [3.63, 3.8) is 0 Å². The van der Waals surface area contributed by atoms with Crippen LogP contribution in [0.2, 0.25) is 0 Å². The van der Waals surface area contributed by atoms with Crippen molar-refractivity contribution in [1.29, 1.82) is 0 Å². The summed E-state index contributed by atoms with van der Waals surface area (Å²) >= 11 is 6.48. The zero-order chi connectivity index (χ0) is 13.5. The smallest absolute Gasteiger partial charge is 0.310 e. The lowest BCUT2D eigenvalue weighted by Gasteiger charge is -2.19. The van der Waals surface area contributed by atoms with Gasteiger partial charge in [0.05, 0.1) is 11.3 Å². The van der Waals surface area contributed by atoms with Gasteiger partial charge in [-0.1, -0.05) is 15.9 Å². The molecule has 1 aliphatic rings. The van der Waals surface area contributed by atoms with E-state index in [1.165, 1.54) is 11.0 Å². The van der Waals surface area contributed by atoms with E-state index in [1.807, 2.05) is 0 Å². The first kappa shape index (κ1) is 13.9. The third-order valence-electron chi connectivity index (χ3n) is 2.64. The molecule has 0 saturated carbocycles. The van der Waals surface area contributed by atoms with E-state index >= 15 is 0 Å². The van der Waals surface area contributed by atoms with E-state index < -0.39 is 11.7 Å². The lowest BCUT2D eigenvalue weighted by molar-refractivity contribution is -0.137. The van der Waals surface area contributed by atoms with E-state index in [1.54, 1.807) is 0 Å². The van der Waals surface area contributed by atoms with E-state index in [2.05, 4.69) is 31.9 Å². The molecule has 1 aromatic rings. The Kier molecular flexibility index (Phi) is 3.73. The quantitative estimate of drug-likeness (QED) is 0.669. The molecule has 98 valence electrons. The first-order valence-electron chi connectivity index (χ1n) is 5.10. The Balaban J connectivity index is 2.41. The summed E-state index contributed by atoms with van der Waals surface area (Å²) < 4.78 is 38.4. The molecule has 7 heteroatoms. The molecule has 1 atom stereocenters. The number of nitrogens with zero attached hydrogens (tertiary/aromatic N) is 1. The average Bonchev–Trinajstić information content (AvgIpc) is 2.56. The normalized spacial score (nSPS) is 20.6. The molecule has 1 fully saturated rings. The molecule has 2 nitrogen and oxygen atoms in total. The van der Waals surface area contributed by atoms with Gasteiger partial charge < -0.3 is 4.90 Å². The van der Waals surface area contributed by atoms with Crippen LogP contribution in [0.5, 0.6) is 0 Å². The lowest BCUT2D eigenvalue weighted by atomic mass is 10.2. The van der Waals surface area contributed by atoms with Crippen molar-refractivity contribution in [2.75, 3.05) is 11.4 Å². The van der Waals surface area contributed by atoms with E-state index in [0.717, 1.165) is 12.1 Å². The molecule has 1 amide bonds. The summed E-state index contributed by atoms with van der Waals surface area (Å²) in [6, 6.07) is 3.29. The fourth-order valence-corrected chi connectivity index (χ4v) is 2.82. The van der Waals surface area contributed by atoms with Crippen molar-refractivity contribution in [3.8, 4) is 0 Å². The average molecular weight is 387 g/mol. The van der Waals surface area contributed by atoms with Crippen LogP contribution in [0.3, 0.4) is 0 Å². The van der Waals surface area contributed by atoms with Crippen molar-refractivity contribution in [3.05, 3.63) is 28.2 Å². The topological polar surface area (TPSA) is 20.3 Å². The van der Waals surface area contributed by atoms with Gasteiger partial charge in [-0.05, 0) is 34.1 Å². The maximum absolute atomic E-state index is 12.6. The van der Waals surface area contributed by atoms with Gasteiger partial charge >= 0.3 is 6.18 Å². The van der Waals surface area contributed by atoms with Crippen LogP contribution in [0.25, 0.3) is 0 Å². The highest BCUT2D eigenvalue weighted by molar-refractivity contribution is 9.10. The Bertz CT molecular complexity index is 490. The number of hydrogen-bond acceptors (Lipinski definition) is 1. The molecule has 0 N–H and O–H groups in total. The van der Waals surface area contributed by atoms with Gasteiger partial charge in [-0.3, -0.25) is 4.79 Å². The minimum atomic E-state index is -4.41. The molecule has 1 saturated heterocycles. The third kappa shape index (κ3) is 2.71. The monoisotopic (exact) mass is 385 g/mol. The summed E-state index contributed by atoms with van der Waals surface area (Å²) in [6.45, 7) is 0.374. The van der Waals surface area contributed by atoms with E-state index in [9.17, 15) is 18.0 Å². The largest absolute Gasteiger partial charge is 0.416 e. The molecule has 1 aliphatic heterocycles. The maximum Gasteiger partial charge on any atom is 0.416 e. The van der Waals surface area contributed by atoms with Crippen LogP contribution in [-0.4, -0.2) is 17.3 Å². The van der Waals surface area contributed by atoms with Gasteiger partial charge in [0.25, 0.3) is 0 Å². The summed E-state index contributed by atoms with van der Waals surface area (Å²) in [6.07, 6.45) is -4.12. The number of alkyl halides is 4. The second-order valence-corrected chi connectivity index (χ2v) is 6.12. The number of halogens is 5. The Morgan fingerprint density at radius 1 is 1.33 bits per heavy atom. The summed E-state index contributed by atoms with van der Waals surface area (Å²) in [4.78, 5) is 13.0. The fraction of sp³-hybridized carbons (Fsp3) is 0.364. The molecular weight excluding hydrogens is 379 g/mol. The van der Waals surface area contributed by atoms with Crippen LogP contribution >= 0.6 is 31.9 Å². The minimum absolute atomic E-state index is 0.0218. The van der Waals surface area contributed by atoms with Crippen LogP contribution in [0.4, 0.5) is 18.9 Å². The van der Waals surface area contributed by atoms with Crippen molar-refractivity contribution in [2.24, 2.45) is 0 Å². The Labute approximate surface area is 118 Å². The molecule has 0 radical (unpaired) electrons. The molecular formula is C11H8Br2F3NO. The summed E-state index contributed by atoms with van der Waals surface area (Å²) in [7, 11) is 0. The van der Waals surface area contributed by atoms with Crippen molar-refractivity contribution >= 4 is 43.5 Å². The standard InChI is InChI=1S/C11H8Br2F3NO/c12-7-4-10(18)17(5-7)9-3-6(11(14,15)16)1-2-8(9)13/h1-3,7H,4-5H2. The highest BCUT2D eigenvalue weighted by Gasteiger charge is 2.34. The number of rotatable bonds is 1. The molecule has 1 aromatic carbocycles. The SMILES string of the molecule is O=C1CC(Br)CN1c1cc(C(F)(F)F)ccc1Br. The van der Waals surface area contributed by atoms with Crippen LogP contribution in [-0.2, 0) is 11.0 Å². The Morgan fingerprint density at radius 2 is 2.00 bits per heavy atom. The highest BCUT2D eigenvalue weighted by atomic mass is 79.9. The highest BCUT2D eigenvalue weighted by Crippen LogP contribution is 2.37. The number of benzene rings is 1. The van der Waals surface area contributed by atoms with Gasteiger partial charge in [0.15, 0.2) is 0 Å². The van der Waals surface area contributed by atoms with Gasteiger partial charge in [0.2, 0.25) is 5.91 Å². The van der Waals surface area contributed by atoms with Gasteiger partial charge in [0, 0.05) is 22.3 Å². The number of amides is 1. The van der Waals surface area contributed by atoms with Gasteiger partial charge in [-0.25, -0.2) is 0 Å². The molecule has 2 rings (SSSR count). The lowest BCUT2D eigenvalue weighted by Crippen LogP contribution is -2.25.